The van der Waals surface area contributed by atoms with Crippen LogP contribution in [-0.2, 0) is 0 Å². The molecule has 2 heterocycles. The van der Waals surface area contributed by atoms with E-state index in [0.29, 0.717) is 10.5 Å². The van der Waals surface area contributed by atoms with Crippen molar-refractivity contribution in [1.82, 2.24) is 0 Å². The molecule has 4 heteroatoms. The lowest BCUT2D eigenvalue weighted by molar-refractivity contribution is 0.103. The second-order valence-corrected chi connectivity index (χ2v) is 5.24. The largest absolute Gasteiger partial charge is 0.422 e. The number of thiophene rings is 1. The van der Waals surface area contributed by atoms with E-state index in [4.69, 9.17) is 4.42 Å². The van der Waals surface area contributed by atoms with Gasteiger partial charge in [-0.15, -0.1) is 11.3 Å². The van der Waals surface area contributed by atoms with Gasteiger partial charge in [0.1, 0.15) is 11.1 Å². The van der Waals surface area contributed by atoms with Gasteiger partial charge in [-0.05, 0) is 36.6 Å². The topological polar surface area (TPSA) is 47.3 Å². The molecule has 0 spiro atoms. The van der Waals surface area contributed by atoms with Crippen LogP contribution in [0.15, 0.2) is 51.0 Å². The van der Waals surface area contributed by atoms with Gasteiger partial charge >= 0.3 is 5.63 Å². The summed E-state index contributed by atoms with van der Waals surface area (Å²) in [6, 6.07) is 10.6. The third-order valence-corrected chi connectivity index (χ3v) is 3.75. The number of fused-ring (bicyclic) bond motifs is 1. The Morgan fingerprint density at radius 3 is 2.79 bits per heavy atom. The van der Waals surface area contributed by atoms with Gasteiger partial charge in [0.05, 0.1) is 4.88 Å². The van der Waals surface area contributed by atoms with Gasteiger partial charge in [-0.1, -0.05) is 17.7 Å². The molecule has 94 valence electrons. The first-order valence-corrected chi connectivity index (χ1v) is 6.66. The van der Waals surface area contributed by atoms with E-state index in [9.17, 15) is 9.59 Å². The predicted molar refractivity (Wildman–Crippen MR) is 75.0 cm³/mol. The van der Waals surface area contributed by atoms with Gasteiger partial charge in [-0.3, -0.25) is 4.79 Å². The van der Waals surface area contributed by atoms with Crippen LogP contribution in [0.2, 0.25) is 0 Å². The van der Waals surface area contributed by atoms with Gasteiger partial charge < -0.3 is 4.42 Å². The molecular weight excluding hydrogens is 260 g/mol. The molecule has 0 fully saturated rings. The predicted octanol–water partition coefficient (Wildman–Crippen LogP) is 3.39. The third kappa shape index (κ3) is 2.11. The first-order chi connectivity index (χ1) is 9.15. The average molecular weight is 270 g/mol. The number of ketones is 1. The van der Waals surface area contributed by atoms with Crippen molar-refractivity contribution >= 4 is 28.1 Å². The van der Waals surface area contributed by atoms with Gasteiger partial charge in [0.2, 0.25) is 5.78 Å². The molecule has 3 rings (SSSR count). The molecule has 0 saturated heterocycles. The SMILES string of the molecule is Cc1ccc2oc(=O)c(C(=O)c3cccs3)cc2c1. The standard InChI is InChI=1S/C15H10O3S/c1-9-4-5-12-10(7-9)8-11(15(17)18-12)14(16)13-3-2-6-19-13/h2-8H,1H3. The highest BCUT2D eigenvalue weighted by Gasteiger charge is 2.16. The fraction of sp³-hybridized carbons (Fsp3) is 0.0667. The monoisotopic (exact) mass is 270 g/mol. The molecule has 19 heavy (non-hydrogen) atoms. The molecule has 0 unspecified atom stereocenters. The molecule has 0 aliphatic heterocycles. The Labute approximate surface area is 113 Å². The summed E-state index contributed by atoms with van der Waals surface area (Å²) < 4.78 is 5.20. The Kier molecular flexibility index (Phi) is 2.80. The minimum Gasteiger partial charge on any atom is -0.422 e. The summed E-state index contributed by atoms with van der Waals surface area (Å²) in [6.07, 6.45) is 0. The number of hydrogen-bond donors (Lipinski definition) is 0. The van der Waals surface area contributed by atoms with E-state index >= 15 is 0 Å². The van der Waals surface area contributed by atoms with Crippen LogP contribution >= 0.6 is 11.3 Å². The first-order valence-electron chi connectivity index (χ1n) is 5.78. The summed E-state index contributed by atoms with van der Waals surface area (Å²) in [5.41, 5.74) is 1.05. The smallest absolute Gasteiger partial charge is 0.347 e. The molecule has 0 aliphatic carbocycles. The van der Waals surface area contributed by atoms with Gasteiger partial charge in [0.25, 0.3) is 0 Å². The number of rotatable bonds is 2. The molecule has 0 radical (unpaired) electrons. The zero-order chi connectivity index (χ0) is 13.4. The maximum atomic E-state index is 12.2. The molecule has 0 N–H and O–H groups in total. The van der Waals surface area contributed by atoms with Crippen molar-refractivity contribution in [3.63, 3.8) is 0 Å². The van der Waals surface area contributed by atoms with Crippen LogP contribution in [0.25, 0.3) is 11.0 Å². The summed E-state index contributed by atoms with van der Waals surface area (Å²) in [7, 11) is 0. The fourth-order valence-corrected chi connectivity index (χ4v) is 2.62. The molecule has 3 aromatic rings. The summed E-state index contributed by atoms with van der Waals surface area (Å²) in [5, 5.41) is 2.57. The Morgan fingerprint density at radius 1 is 1.21 bits per heavy atom. The second-order valence-electron chi connectivity index (χ2n) is 4.30. The van der Waals surface area contributed by atoms with E-state index < -0.39 is 5.63 Å². The normalized spacial score (nSPS) is 10.8. The van der Waals surface area contributed by atoms with E-state index in [1.165, 1.54) is 11.3 Å². The average Bonchev–Trinajstić information content (AvgIpc) is 2.91. The molecular formula is C15H10O3S. The molecule has 0 amide bonds. The molecule has 3 nitrogen and oxygen atoms in total. The zero-order valence-electron chi connectivity index (χ0n) is 10.2. The molecule has 0 bridgehead atoms. The van der Waals surface area contributed by atoms with Crippen molar-refractivity contribution in [3.8, 4) is 0 Å². The molecule has 0 saturated carbocycles. The van der Waals surface area contributed by atoms with Crippen molar-refractivity contribution in [2.45, 2.75) is 6.92 Å². The van der Waals surface area contributed by atoms with Crippen molar-refractivity contribution < 1.29 is 9.21 Å². The quantitative estimate of drug-likeness (QED) is 0.529. The van der Waals surface area contributed by atoms with E-state index in [1.54, 1.807) is 29.6 Å². The van der Waals surface area contributed by atoms with Gasteiger partial charge in [-0.25, -0.2) is 4.79 Å². The molecule has 0 atom stereocenters. The number of benzene rings is 1. The van der Waals surface area contributed by atoms with E-state index in [-0.39, 0.29) is 11.3 Å². The lowest BCUT2D eigenvalue weighted by atomic mass is 10.1. The van der Waals surface area contributed by atoms with Crippen LogP contribution in [0.4, 0.5) is 0 Å². The maximum Gasteiger partial charge on any atom is 0.347 e. The zero-order valence-corrected chi connectivity index (χ0v) is 11.0. The summed E-state index contributed by atoms with van der Waals surface area (Å²) in [5.74, 6) is -0.285. The Bertz CT molecular complexity index is 813. The van der Waals surface area contributed by atoms with Crippen molar-refractivity contribution in [2.75, 3.05) is 0 Å². The third-order valence-electron chi connectivity index (χ3n) is 2.88. The van der Waals surface area contributed by atoms with Crippen molar-refractivity contribution in [3.05, 3.63) is 68.2 Å². The van der Waals surface area contributed by atoms with Crippen LogP contribution in [0.1, 0.15) is 20.8 Å². The van der Waals surface area contributed by atoms with E-state index in [0.717, 1.165) is 10.9 Å². The fourth-order valence-electron chi connectivity index (χ4n) is 1.94. The molecule has 0 aliphatic rings. The van der Waals surface area contributed by atoms with Crippen LogP contribution in [0, 0.1) is 6.92 Å². The summed E-state index contributed by atoms with van der Waals surface area (Å²) >= 11 is 1.31. The Hall–Kier alpha value is -2.20. The lowest BCUT2D eigenvalue weighted by Crippen LogP contribution is -2.13. The number of carbonyl (C=O) groups is 1. The highest BCUT2D eigenvalue weighted by Crippen LogP contribution is 2.18. The van der Waals surface area contributed by atoms with Crippen molar-refractivity contribution in [2.24, 2.45) is 0 Å². The van der Waals surface area contributed by atoms with Gasteiger partial charge in [-0.2, -0.15) is 0 Å². The van der Waals surface area contributed by atoms with E-state index in [2.05, 4.69) is 0 Å². The van der Waals surface area contributed by atoms with Gasteiger partial charge in [0, 0.05) is 5.39 Å². The second kappa shape index (κ2) is 4.48. The number of aryl methyl sites for hydroxylation is 1. The minimum absolute atomic E-state index is 0.0838. The highest BCUT2D eigenvalue weighted by molar-refractivity contribution is 7.12. The van der Waals surface area contributed by atoms with Crippen LogP contribution < -0.4 is 5.63 Å². The Balaban J connectivity index is 2.21. The maximum absolute atomic E-state index is 12.2. The summed E-state index contributed by atoms with van der Waals surface area (Å²) in [4.78, 5) is 24.6. The Morgan fingerprint density at radius 2 is 2.05 bits per heavy atom. The minimum atomic E-state index is -0.588. The van der Waals surface area contributed by atoms with Crippen LogP contribution in [0.5, 0.6) is 0 Å². The number of carbonyl (C=O) groups excluding carboxylic acids is 1. The van der Waals surface area contributed by atoms with Crippen molar-refractivity contribution in [1.29, 1.82) is 0 Å². The van der Waals surface area contributed by atoms with Crippen LogP contribution in [-0.4, -0.2) is 5.78 Å². The molecule has 2 aromatic heterocycles. The first kappa shape index (κ1) is 11.9. The van der Waals surface area contributed by atoms with Crippen LogP contribution in [0.3, 0.4) is 0 Å². The van der Waals surface area contributed by atoms with E-state index in [1.807, 2.05) is 19.1 Å². The highest BCUT2D eigenvalue weighted by atomic mass is 32.1. The lowest BCUT2D eigenvalue weighted by Gasteiger charge is -2.01. The number of hydrogen-bond acceptors (Lipinski definition) is 4. The summed E-state index contributed by atoms with van der Waals surface area (Å²) in [6.45, 7) is 1.95. The van der Waals surface area contributed by atoms with Gasteiger partial charge in [0.15, 0.2) is 0 Å². The molecule has 1 aromatic carbocycles.